The second-order valence-electron chi connectivity index (χ2n) is 3.72. The standard InChI is InChI=1S/C11H11ClFNO4S/c1-3-6(2)14-19(17,18)9-5-7(12)4-8(10(9)13)11(15)16/h3-6,14H,1H2,2H3,(H,15,16). The van der Waals surface area contributed by atoms with E-state index in [1.54, 1.807) is 0 Å². The van der Waals surface area contributed by atoms with Gasteiger partial charge in [0.2, 0.25) is 10.0 Å². The van der Waals surface area contributed by atoms with Crippen molar-refractivity contribution in [2.45, 2.75) is 17.9 Å². The van der Waals surface area contributed by atoms with Gasteiger partial charge in [-0.05, 0) is 19.1 Å². The van der Waals surface area contributed by atoms with Crippen molar-refractivity contribution in [3.8, 4) is 0 Å². The molecule has 0 heterocycles. The van der Waals surface area contributed by atoms with E-state index in [4.69, 9.17) is 16.7 Å². The first kappa shape index (κ1) is 15.6. The molecule has 0 radical (unpaired) electrons. The van der Waals surface area contributed by atoms with Gasteiger partial charge in [0.15, 0.2) is 5.82 Å². The van der Waals surface area contributed by atoms with Crippen molar-refractivity contribution in [2.24, 2.45) is 0 Å². The van der Waals surface area contributed by atoms with Crippen molar-refractivity contribution >= 4 is 27.6 Å². The topological polar surface area (TPSA) is 83.5 Å². The first-order valence-electron chi connectivity index (χ1n) is 5.06. The zero-order valence-corrected chi connectivity index (χ0v) is 11.4. The average molecular weight is 308 g/mol. The number of sulfonamides is 1. The summed E-state index contributed by atoms with van der Waals surface area (Å²) >= 11 is 5.60. The summed E-state index contributed by atoms with van der Waals surface area (Å²) < 4.78 is 39.8. The van der Waals surface area contributed by atoms with Crippen LogP contribution < -0.4 is 4.72 Å². The summed E-state index contributed by atoms with van der Waals surface area (Å²) in [6.07, 6.45) is 1.30. The number of nitrogens with one attached hydrogen (secondary N) is 1. The molecule has 0 spiro atoms. The molecular weight excluding hydrogens is 297 g/mol. The van der Waals surface area contributed by atoms with Crippen molar-refractivity contribution in [3.05, 3.63) is 41.2 Å². The van der Waals surface area contributed by atoms with Gasteiger partial charge in [-0.25, -0.2) is 22.3 Å². The third kappa shape index (κ3) is 3.52. The van der Waals surface area contributed by atoms with Crippen LogP contribution in [0.4, 0.5) is 4.39 Å². The fourth-order valence-electron chi connectivity index (χ4n) is 1.27. The number of aromatic carboxylic acids is 1. The summed E-state index contributed by atoms with van der Waals surface area (Å²) in [6, 6.07) is 1.05. The van der Waals surface area contributed by atoms with E-state index >= 15 is 0 Å². The Morgan fingerprint density at radius 1 is 1.58 bits per heavy atom. The maximum atomic E-state index is 13.9. The quantitative estimate of drug-likeness (QED) is 0.815. The van der Waals surface area contributed by atoms with Crippen LogP contribution in [0.15, 0.2) is 29.7 Å². The fourth-order valence-corrected chi connectivity index (χ4v) is 2.90. The van der Waals surface area contributed by atoms with Crippen LogP contribution in [0.5, 0.6) is 0 Å². The lowest BCUT2D eigenvalue weighted by molar-refractivity contribution is 0.0691. The number of halogens is 2. The third-order valence-electron chi connectivity index (χ3n) is 2.22. The van der Waals surface area contributed by atoms with E-state index in [9.17, 15) is 17.6 Å². The highest BCUT2D eigenvalue weighted by atomic mass is 35.5. The maximum absolute atomic E-state index is 13.9. The highest BCUT2D eigenvalue weighted by Crippen LogP contribution is 2.24. The summed E-state index contributed by atoms with van der Waals surface area (Å²) in [4.78, 5) is 9.99. The molecule has 1 rings (SSSR count). The molecule has 104 valence electrons. The number of carboxylic acid groups (broad SMARTS) is 1. The lowest BCUT2D eigenvalue weighted by atomic mass is 10.2. The van der Waals surface area contributed by atoms with E-state index in [0.29, 0.717) is 0 Å². The van der Waals surface area contributed by atoms with Gasteiger partial charge in [-0.2, -0.15) is 0 Å². The van der Waals surface area contributed by atoms with Gasteiger partial charge in [0, 0.05) is 11.1 Å². The Balaban J connectivity index is 3.42. The van der Waals surface area contributed by atoms with Gasteiger partial charge in [0.1, 0.15) is 4.90 Å². The second kappa shape index (κ2) is 5.68. The summed E-state index contributed by atoms with van der Waals surface area (Å²) in [6.45, 7) is 4.87. The van der Waals surface area contributed by atoms with Gasteiger partial charge < -0.3 is 5.11 Å². The summed E-state index contributed by atoms with van der Waals surface area (Å²) in [5.41, 5.74) is -0.806. The number of carbonyl (C=O) groups is 1. The van der Waals surface area contributed by atoms with Crippen LogP contribution in [0.1, 0.15) is 17.3 Å². The highest BCUT2D eigenvalue weighted by Gasteiger charge is 2.25. The van der Waals surface area contributed by atoms with Gasteiger partial charge in [-0.3, -0.25) is 0 Å². The molecule has 1 aromatic rings. The summed E-state index contributed by atoms with van der Waals surface area (Å²) in [5.74, 6) is -2.96. The minimum absolute atomic E-state index is 0.189. The Bertz CT molecular complexity index is 630. The van der Waals surface area contributed by atoms with Crippen molar-refractivity contribution in [1.82, 2.24) is 4.72 Å². The second-order valence-corrected chi connectivity index (χ2v) is 5.84. The number of hydrogen-bond acceptors (Lipinski definition) is 3. The molecule has 2 N–H and O–H groups in total. The summed E-state index contributed by atoms with van der Waals surface area (Å²) in [7, 11) is -4.22. The molecule has 0 aliphatic heterocycles. The fraction of sp³-hybridized carbons (Fsp3) is 0.182. The van der Waals surface area contributed by atoms with E-state index in [0.717, 1.165) is 12.1 Å². The number of carboxylic acids is 1. The van der Waals surface area contributed by atoms with Gasteiger partial charge in [-0.1, -0.05) is 17.7 Å². The van der Waals surface area contributed by atoms with Crippen LogP contribution in [0, 0.1) is 5.82 Å². The minimum Gasteiger partial charge on any atom is -0.478 e. The molecule has 0 aromatic heterocycles. The number of benzene rings is 1. The SMILES string of the molecule is C=CC(C)NS(=O)(=O)c1cc(Cl)cc(C(=O)O)c1F. The molecule has 1 unspecified atom stereocenters. The number of hydrogen-bond donors (Lipinski definition) is 2. The van der Waals surface area contributed by atoms with E-state index in [1.165, 1.54) is 13.0 Å². The van der Waals surface area contributed by atoms with Gasteiger partial charge in [0.05, 0.1) is 5.56 Å². The molecule has 0 bridgehead atoms. The van der Waals surface area contributed by atoms with E-state index in [-0.39, 0.29) is 5.02 Å². The molecule has 1 atom stereocenters. The number of rotatable bonds is 5. The molecule has 8 heteroatoms. The van der Waals surface area contributed by atoms with E-state index < -0.39 is 38.3 Å². The molecule has 19 heavy (non-hydrogen) atoms. The smallest absolute Gasteiger partial charge is 0.338 e. The molecule has 0 amide bonds. The minimum atomic E-state index is -4.22. The summed E-state index contributed by atoms with van der Waals surface area (Å²) in [5, 5.41) is 8.59. The molecule has 0 aliphatic rings. The maximum Gasteiger partial charge on any atom is 0.338 e. The molecule has 0 fully saturated rings. The zero-order valence-electron chi connectivity index (χ0n) is 9.85. The molecule has 0 saturated heterocycles. The first-order valence-corrected chi connectivity index (χ1v) is 6.92. The molecule has 0 saturated carbocycles. The van der Waals surface area contributed by atoms with E-state index in [1.807, 2.05) is 0 Å². The molecular formula is C11H11ClFNO4S. The zero-order chi connectivity index (χ0) is 14.8. The van der Waals surface area contributed by atoms with Gasteiger partial charge in [-0.15, -0.1) is 6.58 Å². The predicted octanol–water partition coefficient (Wildman–Crippen LogP) is 2.03. The van der Waals surface area contributed by atoms with Crippen LogP contribution in [0.2, 0.25) is 5.02 Å². The van der Waals surface area contributed by atoms with Crippen molar-refractivity contribution < 1.29 is 22.7 Å². The van der Waals surface area contributed by atoms with Crippen LogP contribution in [0.3, 0.4) is 0 Å². The molecule has 1 aromatic carbocycles. The Morgan fingerprint density at radius 2 is 2.16 bits per heavy atom. The van der Waals surface area contributed by atoms with Crippen molar-refractivity contribution in [3.63, 3.8) is 0 Å². The largest absolute Gasteiger partial charge is 0.478 e. The van der Waals surface area contributed by atoms with Crippen LogP contribution in [-0.2, 0) is 10.0 Å². The van der Waals surface area contributed by atoms with Crippen LogP contribution in [0.25, 0.3) is 0 Å². The van der Waals surface area contributed by atoms with E-state index in [2.05, 4.69) is 11.3 Å². The average Bonchev–Trinajstić information content (AvgIpc) is 2.30. The molecule has 5 nitrogen and oxygen atoms in total. The van der Waals surface area contributed by atoms with Gasteiger partial charge in [0.25, 0.3) is 0 Å². The van der Waals surface area contributed by atoms with Crippen LogP contribution >= 0.6 is 11.6 Å². The van der Waals surface area contributed by atoms with Crippen molar-refractivity contribution in [2.75, 3.05) is 0 Å². The Kier molecular flexibility index (Phi) is 4.67. The molecule has 0 aliphatic carbocycles. The lowest BCUT2D eigenvalue weighted by Gasteiger charge is -2.12. The predicted molar refractivity (Wildman–Crippen MR) is 68.3 cm³/mol. The Labute approximate surface area is 114 Å². The normalized spacial score (nSPS) is 13.0. The third-order valence-corrected chi connectivity index (χ3v) is 3.99. The van der Waals surface area contributed by atoms with Crippen molar-refractivity contribution in [1.29, 1.82) is 0 Å². The monoisotopic (exact) mass is 307 g/mol. The van der Waals surface area contributed by atoms with Crippen LogP contribution in [-0.4, -0.2) is 25.5 Å². The Morgan fingerprint density at radius 3 is 2.63 bits per heavy atom. The lowest BCUT2D eigenvalue weighted by Crippen LogP contribution is -2.32. The van der Waals surface area contributed by atoms with Gasteiger partial charge >= 0.3 is 5.97 Å². The highest BCUT2D eigenvalue weighted by molar-refractivity contribution is 7.89. The Hall–Kier alpha value is -1.44. The first-order chi connectivity index (χ1) is 8.69.